The van der Waals surface area contributed by atoms with Crippen molar-refractivity contribution in [3.63, 3.8) is 0 Å². The highest BCUT2D eigenvalue weighted by Gasteiger charge is 2.22. The van der Waals surface area contributed by atoms with E-state index in [0.717, 1.165) is 0 Å². The van der Waals surface area contributed by atoms with Crippen LogP contribution in [0, 0.1) is 0 Å². The van der Waals surface area contributed by atoms with E-state index in [-0.39, 0.29) is 21.6 Å². The third-order valence-corrected chi connectivity index (χ3v) is 6.34. The van der Waals surface area contributed by atoms with Crippen LogP contribution in [0.4, 0.5) is 11.4 Å². The molecule has 0 aromatic heterocycles. The predicted molar refractivity (Wildman–Crippen MR) is 133 cm³/mol. The van der Waals surface area contributed by atoms with Gasteiger partial charge in [0, 0.05) is 5.39 Å². The van der Waals surface area contributed by atoms with E-state index in [9.17, 15) is 28.2 Å². The minimum atomic E-state index is -4.32. The maximum atomic E-state index is 11.9. The standard InChI is InChI=1S/C26H18N2O7S/c1-15(19-7-4-8-22(25(29)30)24(19)26(31)32)18-13-14-23(21-6-3-2-5-20(18)21)28-27-16-9-11-17(12-10-16)36(33,34)35/h2-14H,1H2,(H,29,30)(H,31,32)(H,33,34,35). The second-order valence-electron chi connectivity index (χ2n) is 7.66. The first kappa shape index (κ1) is 24.5. The largest absolute Gasteiger partial charge is 0.478 e. The van der Waals surface area contributed by atoms with Crippen LogP contribution in [-0.4, -0.2) is 35.1 Å². The number of hydrogen-bond donors (Lipinski definition) is 3. The van der Waals surface area contributed by atoms with Crippen LogP contribution in [0.5, 0.6) is 0 Å². The molecule has 3 N–H and O–H groups in total. The van der Waals surface area contributed by atoms with Gasteiger partial charge in [0.2, 0.25) is 0 Å². The van der Waals surface area contributed by atoms with E-state index in [4.69, 9.17) is 4.55 Å². The van der Waals surface area contributed by atoms with Gasteiger partial charge in [-0.25, -0.2) is 9.59 Å². The van der Waals surface area contributed by atoms with Gasteiger partial charge in [0.15, 0.2) is 0 Å². The van der Waals surface area contributed by atoms with Crippen LogP contribution in [0.1, 0.15) is 31.8 Å². The summed E-state index contributed by atoms with van der Waals surface area (Å²) in [5, 5.41) is 28.9. The summed E-state index contributed by atoms with van der Waals surface area (Å²) in [7, 11) is -4.32. The first-order valence-electron chi connectivity index (χ1n) is 10.4. The normalized spacial score (nSPS) is 11.6. The molecular formula is C26H18N2O7S. The molecule has 0 amide bonds. The maximum absolute atomic E-state index is 11.9. The Morgan fingerprint density at radius 3 is 1.94 bits per heavy atom. The lowest BCUT2D eigenvalue weighted by Gasteiger charge is -2.15. The Kier molecular flexibility index (Phi) is 6.47. The van der Waals surface area contributed by atoms with Crippen LogP contribution in [0.2, 0.25) is 0 Å². The average molecular weight is 503 g/mol. The van der Waals surface area contributed by atoms with E-state index in [1.165, 1.54) is 42.5 Å². The Morgan fingerprint density at radius 1 is 0.694 bits per heavy atom. The molecule has 0 heterocycles. The maximum Gasteiger partial charge on any atom is 0.337 e. The fourth-order valence-electron chi connectivity index (χ4n) is 3.79. The van der Waals surface area contributed by atoms with Gasteiger partial charge in [0.25, 0.3) is 10.1 Å². The number of benzene rings is 4. The van der Waals surface area contributed by atoms with Crippen molar-refractivity contribution >= 4 is 49.8 Å². The molecule has 4 aromatic rings. The topological polar surface area (TPSA) is 154 Å². The zero-order valence-corrected chi connectivity index (χ0v) is 19.3. The lowest BCUT2D eigenvalue weighted by atomic mass is 9.89. The number of carboxylic acids is 2. The van der Waals surface area contributed by atoms with Crippen LogP contribution in [0.15, 0.2) is 101 Å². The van der Waals surface area contributed by atoms with Crippen molar-refractivity contribution < 1.29 is 32.8 Å². The van der Waals surface area contributed by atoms with E-state index in [1.807, 2.05) is 0 Å². The van der Waals surface area contributed by atoms with Gasteiger partial charge < -0.3 is 10.2 Å². The molecule has 0 aliphatic rings. The lowest BCUT2D eigenvalue weighted by molar-refractivity contribution is 0.0651. The molecule has 0 aliphatic carbocycles. The Labute approximate surface area is 205 Å². The predicted octanol–water partition coefficient (Wildman–Crippen LogP) is 5.96. The molecule has 4 aromatic carbocycles. The summed E-state index contributed by atoms with van der Waals surface area (Å²) >= 11 is 0. The summed E-state index contributed by atoms with van der Waals surface area (Å²) in [5.41, 5.74) is 1.26. The van der Waals surface area contributed by atoms with E-state index < -0.39 is 22.1 Å². The summed E-state index contributed by atoms with van der Waals surface area (Å²) in [6.07, 6.45) is 0. The Morgan fingerprint density at radius 2 is 1.33 bits per heavy atom. The first-order chi connectivity index (χ1) is 17.1. The molecule has 0 atom stereocenters. The fraction of sp³-hybridized carbons (Fsp3) is 0. The molecule has 0 fully saturated rings. The number of aromatic carboxylic acids is 2. The zero-order valence-electron chi connectivity index (χ0n) is 18.5. The van der Waals surface area contributed by atoms with Gasteiger partial charge in [-0.3, -0.25) is 4.55 Å². The number of hydrogen-bond acceptors (Lipinski definition) is 6. The van der Waals surface area contributed by atoms with Crippen LogP contribution < -0.4 is 0 Å². The number of azo groups is 1. The molecule has 0 aliphatic heterocycles. The highest BCUT2D eigenvalue weighted by atomic mass is 32.2. The molecule has 36 heavy (non-hydrogen) atoms. The monoisotopic (exact) mass is 502 g/mol. The third-order valence-electron chi connectivity index (χ3n) is 5.47. The van der Waals surface area contributed by atoms with Gasteiger partial charge in [-0.1, -0.05) is 49.0 Å². The summed E-state index contributed by atoms with van der Waals surface area (Å²) in [4.78, 5) is 23.2. The SMILES string of the molecule is C=C(c1cccc(C(=O)O)c1C(=O)O)c1ccc(N=Nc2ccc(S(=O)(=O)O)cc2)c2ccccc12. The Hall–Kier alpha value is -4.67. The van der Waals surface area contributed by atoms with Crippen LogP contribution in [0.3, 0.4) is 0 Å². The molecule has 0 bridgehead atoms. The van der Waals surface area contributed by atoms with Gasteiger partial charge in [-0.2, -0.15) is 13.5 Å². The Balaban J connectivity index is 1.78. The van der Waals surface area contributed by atoms with E-state index >= 15 is 0 Å². The van der Waals surface area contributed by atoms with E-state index in [2.05, 4.69) is 16.8 Å². The molecule has 0 radical (unpaired) electrons. The van der Waals surface area contributed by atoms with Crippen molar-refractivity contribution in [2.45, 2.75) is 4.90 Å². The smallest absolute Gasteiger partial charge is 0.337 e. The number of carboxylic acid groups (broad SMARTS) is 2. The molecule has 0 unspecified atom stereocenters. The highest BCUT2D eigenvalue weighted by Crippen LogP contribution is 2.36. The van der Waals surface area contributed by atoms with Crippen LogP contribution in [-0.2, 0) is 10.1 Å². The minimum Gasteiger partial charge on any atom is -0.478 e. The number of fused-ring (bicyclic) bond motifs is 1. The number of nitrogens with zero attached hydrogens (tertiary/aromatic N) is 2. The fourth-order valence-corrected chi connectivity index (χ4v) is 4.27. The van der Waals surface area contributed by atoms with Gasteiger partial charge >= 0.3 is 11.9 Å². The molecule has 0 spiro atoms. The van der Waals surface area contributed by atoms with E-state index in [0.29, 0.717) is 33.3 Å². The van der Waals surface area contributed by atoms with Crippen LogP contribution in [0.25, 0.3) is 16.3 Å². The van der Waals surface area contributed by atoms with Gasteiger partial charge in [0.1, 0.15) is 0 Å². The minimum absolute atomic E-state index is 0.181. The second kappa shape index (κ2) is 9.53. The van der Waals surface area contributed by atoms with Crippen molar-refractivity contribution in [3.8, 4) is 0 Å². The second-order valence-corrected chi connectivity index (χ2v) is 9.09. The molecule has 0 saturated carbocycles. The third kappa shape index (κ3) is 4.76. The number of rotatable bonds is 7. The molecule has 9 nitrogen and oxygen atoms in total. The van der Waals surface area contributed by atoms with Crippen LogP contribution >= 0.6 is 0 Å². The highest BCUT2D eigenvalue weighted by molar-refractivity contribution is 7.85. The lowest BCUT2D eigenvalue weighted by Crippen LogP contribution is -2.11. The molecule has 4 rings (SSSR count). The summed E-state index contributed by atoms with van der Waals surface area (Å²) < 4.78 is 31.5. The summed E-state index contributed by atoms with van der Waals surface area (Å²) in [6, 6.07) is 20.0. The van der Waals surface area contributed by atoms with Gasteiger partial charge in [0.05, 0.1) is 27.4 Å². The summed E-state index contributed by atoms with van der Waals surface area (Å²) in [6.45, 7) is 4.06. The van der Waals surface area contributed by atoms with Crippen molar-refractivity contribution in [3.05, 3.63) is 108 Å². The molecule has 0 saturated heterocycles. The van der Waals surface area contributed by atoms with Crippen molar-refractivity contribution in [2.24, 2.45) is 10.2 Å². The summed E-state index contributed by atoms with van der Waals surface area (Å²) in [5.74, 6) is -2.73. The van der Waals surface area contributed by atoms with Crippen molar-refractivity contribution in [1.29, 1.82) is 0 Å². The van der Waals surface area contributed by atoms with Crippen molar-refractivity contribution in [2.75, 3.05) is 0 Å². The van der Waals surface area contributed by atoms with Gasteiger partial charge in [-0.05, 0) is 58.5 Å². The quantitative estimate of drug-likeness (QED) is 0.208. The number of carbonyl (C=O) groups is 2. The van der Waals surface area contributed by atoms with E-state index in [1.54, 1.807) is 36.4 Å². The zero-order chi connectivity index (χ0) is 26.0. The molecular weight excluding hydrogens is 484 g/mol. The molecule has 180 valence electrons. The Bertz CT molecular complexity index is 1670. The molecule has 10 heteroatoms. The average Bonchev–Trinajstić information content (AvgIpc) is 2.86. The van der Waals surface area contributed by atoms with Crippen molar-refractivity contribution in [1.82, 2.24) is 0 Å². The first-order valence-corrected chi connectivity index (χ1v) is 11.8. The van der Waals surface area contributed by atoms with Gasteiger partial charge in [-0.15, -0.1) is 5.11 Å².